The summed E-state index contributed by atoms with van der Waals surface area (Å²) in [7, 11) is 1.61. The maximum atomic E-state index is 11.0. The largest absolute Gasteiger partial charge is 0.384 e. The second kappa shape index (κ2) is 3.56. The van der Waals surface area contributed by atoms with Gasteiger partial charge in [-0.1, -0.05) is 0 Å². The number of nitrogens with zero attached hydrogens (tertiary/aromatic N) is 1. The van der Waals surface area contributed by atoms with Gasteiger partial charge in [-0.05, 0) is 6.42 Å². The summed E-state index contributed by atoms with van der Waals surface area (Å²) in [4.78, 5) is 12.9. The molecular weight excluding hydrogens is 130 g/mol. The molecule has 10 heavy (non-hydrogen) atoms. The minimum Gasteiger partial charge on any atom is -0.384 e. The van der Waals surface area contributed by atoms with E-state index >= 15 is 0 Å². The van der Waals surface area contributed by atoms with Crippen LogP contribution in [0.3, 0.4) is 0 Å². The van der Waals surface area contributed by atoms with Crippen molar-refractivity contribution in [2.24, 2.45) is 0 Å². The SMILES string of the molecule is COCCC(=O)N1CCC1. The number of methoxy groups -OCH3 is 1. The van der Waals surface area contributed by atoms with E-state index in [0.717, 1.165) is 13.1 Å². The first-order valence-corrected chi connectivity index (χ1v) is 3.61. The molecule has 1 saturated heterocycles. The van der Waals surface area contributed by atoms with Gasteiger partial charge in [-0.15, -0.1) is 0 Å². The topological polar surface area (TPSA) is 29.5 Å². The van der Waals surface area contributed by atoms with Crippen molar-refractivity contribution in [1.82, 2.24) is 4.90 Å². The molecule has 1 aliphatic heterocycles. The van der Waals surface area contributed by atoms with Crippen LogP contribution in [0.2, 0.25) is 0 Å². The van der Waals surface area contributed by atoms with E-state index in [-0.39, 0.29) is 5.91 Å². The van der Waals surface area contributed by atoms with Crippen molar-refractivity contribution in [2.75, 3.05) is 26.8 Å². The highest BCUT2D eigenvalue weighted by Crippen LogP contribution is 2.06. The Balaban J connectivity index is 2.08. The smallest absolute Gasteiger partial charge is 0.224 e. The molecule has 0 N–H and O–H groups in total. The molecule has 0 aliphatic carbocycles. The molecule has 0 radical (unpaired) electrons. The van der Waals surface area contributed by atoms with Crippen LogP contribution in [0, 0.1) is 0 Å². The Morgan fingerprint density at radius 1 is 1.60 bits per heavy atom. The Morgan fingerprint density at radius 3 is 2.70 bits per heavy atom. The molecule has 0 bridgehead atoms. The van der Waals surface area contributed by atoms with Crippen LogP contribution < -0.4 is 0 Å². The van der Waals surface area contributed by atoms with Gasteiger partial charge in [0.2, 0.25) is 5.91 Å². The van der Waals surface area contributed by atoms with Gasteiger partial charge in [-0.2, -0.15) is 0 Å². The number of hydrogen-bond donors (Lipinski definition) is 0. The maximum Gasteiger partial charge on any atom is 0.224 e. The first-order valence-electron chi connectivity index (χ1n) is 3.61. The van der Waals surface area contributed by atoms with Crippen LogP contribution in [0.25, 0.3) is 0 Å². The first kappa shape index (κ1) is 7.54. The molecule has 0 atom stereocenters. The number of amides is 1. The van der Waals surface area contributed by atoms with Gasteiger partial charge in [0.1, 0.15) is 0 Å². The first-order chi connectivity index (χ1) is 4.84. The van der Waals surface area contributed by atoms with Crippen molar-refractivity contribution in [1.29, 1.82) is 0 Å². The van der Waals surface area contributed by atoms with Gasteiger partial charge < -0.3 is 9.64 Å². The van der Waals surface area contributed by atoms with Crippen molar-refractivity contribution in [3.63, 3.8) is 0 Å². The summed E-state index contributed by atoms with van der Waals surface area (Å²) in [6.07, 6.45) is 1.70. The van der Waals surface area contributed by atoms with Gasteiger partial charge in [-0.3, -0.25) is 4.79 Å². The van der Waals surface area contributed by atoms with Gasteiger partial charge in [-0.25, -0.2) is 0 Å². The fourth-order valence-corrected chi connectivity index (χ4v) is 0.913. The van der Waals surface area contributed by atoms with Crippen LogP contribution in [0.5, 0.6) is 0 Å². The fourth-order valence-electron chi connectivity index (χ4n) is 0.913. The summed E-state index contributed by atoms with van der Waals surface area (Å²) >= 11 is 0. The molecule has 3 heteroatoms. The van der Waals surface area contributed by atoms with Gasteiger partial charge >= 0.3 is 0 Å². The summed E-state index contributed by atoms with van der Waals surface area (Å²) in [5.41, 5.74) is 0. The lowest BCUT2D eigenvalue weighted by Gasteiger charge is -2.30. The van der Waals surface area contributed by atoms with Crippen molar-refractivity contribution in [2.45, 2.75) is 12.8 Å². The molecule has 1 fully saturated rings. The minimum absolute atomic E-state index is 0.230. The molecule has 1 aliphatic rings. The minimum atomic E-state index is 0.230. The number of ether oxygens (including phenoxy) is 1. The molecule has 1 heterocycles. The van der Waals surface area contributed by atoms with Gasteiger partial charge in [0.15, 0.2) is 0 Å². The van der Waals surface area contributed by atoms with Crippen LogP contribution in [-0.2, 0) is 9.53 Å². The number of carbonyl (C=O) groups excluding carboxylic acids is 1. The zero-order chi connectivity index (χ0) is 7.40. The molecule has 0 saturated carbocycles. The summed E-state index contributed by atoms with van der Waals surface area (Å²) in [5, 5.41) is 0. The summed E-state index contributed by atoms with van der Waals surface area (Å²) < 4.78 is 4.78. The van der Waals surface area contributed by atoms with E-state index in [0.29, 0.717) is 13.0 Å². The molecule has 1 rings (SSSR count). The van der Waals surface area contributed by atoms with E-state index in [4.69, 9.17) is 4.74 Å². The van der Waals surface area contributed by atoms with Gasteiger partial charge in [0.25, 0.3) is 0 Å². The number of likely N-dealkylation sites (tertiary alicyclic amines) is 1. The number of carbonyl (C=O) groups is 1. The average Bonchev–Trinajstić information content (AvgIpc) is 1.79. The average molecular weight is 143 g/mol. The second-order valence-electron chi connectivity index (χ2n) is 2.48. The van der Waals surface area contributed by atoms with Gasteiger partial charge in [0.05, 0.1) is 13.0 Å². The maximum absolute atomic E-state index is 11.0. The van der Waals surface area contributed by atoms with Crippen LogP contribution in [-0.4, -0.2) is 37.6 Å². The zero-order valence-electron chi connectivity index (χ0n) is 6.30. The van der Waals surface area contributed by atoms with Gasteiger partial charge in [0, 0.05) is 20.2 Å². The Labute approximate surface area is 61.0 Å². The normalized spacial score (nSPS) is 16.7. The van der Waals surface area contributed by atoms with Crippen molar-refractivity contribution in [3.05, 3.63) is 0 Å². The summed E-state index contributed by atoms with van der Waals surface area (Å²) in [5.74, 6) is 0.230. The summed E-state index contributed by atoms with van der Waals surface area (Å²) in [6, 6.07) is 0. The van der Waals surface area contributed by atoms with E-state index < -0.39 is 0 Å². The second-order valence-corrected chi connectivity index (χ2v) is 2.48. The highest BCUT2D eigenvalue weighted by atomic mass is 16.5. The van der Waals surface area contributed by atoms with Crippen molar-refractivity contribution >= 4 is 5.91 Å². The van der Waals surface area contributed by atoms with E-state index in [1.807, 2.05) is 4.90 Å². The molecule has 0 spiro atoms. The molecule has 0 aromatic carbocycles. The molecule has 0 aromatic rings. The van der Waals surface area contributed by atoms with Crippen LogP contribution in [0.1, 0.15) is 12.8 Å². The third kappa shape index (κ3) is 1.70. The summed E-state index contributed by atoms with van der Waals surface area (Å²) in [6.45, 7) is 2.44. The molecule has 0 aromatic heterocycles. The molecular formula is C7H13NO2. The Hall–Kier alpha value is -0.570. The Morgan fingerprint density at radius 2 is 2.30 bits per heavy atom. The molecule has 58 valence electrons. The van der Waals surface area contributed by atoms with Crippen LogP contribution in [0.4, 0.5) is 0 Å². The van der Waals surface area contributed by atoms with Crippen LogP contribution in [0.15, 0.2) is 0 Å². The zero-order valence-corrected chi connectivity index (χ0v) is 6.30. The fraction of sp³-hybridized carbons (Fsp3) is 0.857. The third-order valence-corrected chi connectivity index (χ3v) is 1.73. The predicted molar refractivity (Wildman–Crippen MR) is 37.7 cm³/mol. The monoisotopic (exact) mass is 143 g/mol. The van der Waals surface area contributed by atoms with E-state index in [2.05, 4.69) is 0 Å². The number of rotatable bonds is 3. The van der Waals surface area contributed by atoms with Crippen LogP contribution >= 0.6 is 0 Å². The third-order valence-electron chi connectivity index (χ3n) is 1.73. The highest BCUT2D eigenvalue weighted by molar-refractivity contribution is 5.76. The van der Waals surface area contributed by atoms with E-state index in [1.165, 1.54) is 6.42 Å². The molecule has 0 unspecified atom stereocenters. The highest BCUT2D eigenvalue weighted by Gasteiger charge is 2.18. The van der Waals surface area contributed by atoms with E-state index in [9.17, 15) is 4.79 Å². The van der Waals surface area contributed by atoms with Crippen molar-refractivity contribution in [3.8, 4) is 0 Å². The Kier molecular flexibility index (Phi) is 2.68. The lowest BCUT2D eigenvalue weighted by molar-refractivity contribution is -0.135. The quantitative estimate of drug-likeness (QED) is 0.567. The molecule has 3 nitrogen and oxygen atoms in total. The standard InChI is InChI=1S/C7H13NO2/c1-10-6-3-7(9)8-4-2-5-8/h2-6H2,1H3. The van der Waals surface area contributed by atoms with Crippen molar-refractivity contribution < 1.29 is 9.53 Å². The molecule has 1 amide bonds. The lowest BCUT2D eigenvalue weighted by Crippen LogP contribution is -2.42. The van der Waals surface area contributed by atoms with E-state index in [1.54, 1.807) is 7.11 Å². The predicted octanol–water partition coefficient (Wildman–Crippen LogP) is 0.255. The Bertz CT molecular complexity index is 121. The number of hydrogen-bond acceptors (Lipinski definition) is 2. The lowest BCUT2D eigenvalue weighted by atomic mass is 10.2.